The highest BCUT2D eigenvalue weighted by molar-refractivity contribution is 6.05. The van der Waals surface area contributed by atoms with Crippen LogP contribution in [0.15, 0.2) is 18.3 Å². The Hall–Kier alpha value is -2.18. The van der Waals surface area contributed by atoms with Crippen LogP contribution < -0.4 is 4.74 Å². The minimum absolute atomic E-state index is 0.00459. The standard InChI is InChI=1S/C12H10F3NO3/c1-6-9(19-5-12(13,14)15)3-2-8-10(6)7(4-16-8)11(17)18/h2-4,16H,5H2,1H3,(H,17,18). The highest BCUT2D eigenvalue weighted by Crippen LogP contribution is 2.30. The number of fused-ring (bicyclic) bond motifs is 1. The Balaban J connectivity index is 2.44. The molecule has 0 unspecified atom stereocenters. The summed E-state index contributed by atoms with van der Waals surface area (Å²) in [6.07, 6.45) is -3.14. The van der Waals surface area contributed by atoms with Gasteiger partial charge in [0, 0.05) is 22.7 Å². The monoisotopic (exact) mass is 273 g/mol. The van der Waals surface area contributed by atoms with Crippen LogP contribution >= 0.6 is 0 Å². The molecule has 7 heteroatoms. The van der Waals surface area contributed by atoms with Crippen LogP contribution in [0.2, 0.25) is 0 Å². The van der Waals surface area contributed by atoms with Crippen LogP contribution in [-0.4, -0.2) is 28.8 Å². The van der Waals surface area contributed by atoms with Crippen LogP contribution in [0.25, 0.3) is 10.9 Å². The number of aryl methyl sites for hydroxylation is 1. The van der Waals surface area contributed by atoms with E-state index in [-0.39, 0.29) is 11.3 Å². The van der Waals surface area contributed by atoms with Crippen LogP contribution in [0.4, 0.5) is 13.2 Å². The molecule has 102 valence electrons. The van der Waals surface area contributed by atoms with Crippen molar-refractivity contribution in [2.75, 3.05) is 6.61 Å². The fourth-order valence-corrected chi connectivity index (χ4v) is 1.87. The SMILES string of the molecule is Cc1c(OCC(F)(F)F)ccc2[nH]cc(C(=O)O)c12. The summed E-state index contributed by atoms with van der Waals surface area (Å²) in [6.45, 7) is 0.112. The lowest BCUT2D eigenvalue weighted by molar-refractivity contribution is -0.153. The molecule has 0 aliphatic heterocycles. The Morgan fingerprint density at radius 2 is 2.11 bits per heavy atom. The van der Waals surface area contributed by atoms with Gasteiger partial charge >= 0.3 is 12.1 Å². The van der Waals surface area contributed by atoms with Gasteiger partial charge in [-0.3, -0.25) is 0 Å². The molecule has 1 heterocycles. The van der Waals surface area contributed by atoms with Crippen molar-refractivity contribution in [1.82, 2.24) is 4.98 Å². The first-order chi connectivity index (χ1) is 8.79. The Morgan fingerprint density at radius 1 is 1.42 bits per heavy atom. The highest BCUT2D eigenvalue weighted by Gasteiger charge is 2.29. The van der Waals surface area contributed by atoms with E-state index in [0.717, 1.165) is 0 Å². The second kappa shape index (κ2) is 4.49. The van der Waals surface area contributed by atoms with Crippen LogP contribution in [-0.2, 0) is 0 Å². The van der Waals surface area contributed by atoms with E-state index in [1.807, 2.05) is 0 Å². The van der Waals surface area contributed by atoms with Gasteiger partial charge in [0.25, 0.3) is 0 Å². The van der Waals surface area contributed by atoms with Gasteiger partial charge in [0.15, 0.2) is 6.61 Å². The van der Waals surface area contributed by atoms with Gasteiger partial charge in [0.05, 0.1) is 5.56 Å². The van der Waals surface area contributed by atoms with E-state index in [1.165, 1.54) is 25.3 Å². The number of benzene rings is 1. The van der Waals surface area contributed by atoms with Crippen molar-refractivity contribution in [2.24, 2.45) is 0 Å². The molecule has 1 aromatic carbocycles. The first-order valence-corrected chi connectivity index (χ1v) is 5.33. The number of aromatic carboxylic acids is 1. The summed E-state index contributed by atoms with van der Waals surface area (Å²) in [4.78, 5) is 13.8. The number of hydrogen-bond donors (Lipinski definition) is 2. The molecule has 0 saturated carbocycles. The smallest absolute Gasteiger partial charge is 0.422 e. The predicted molar refractivity (Wildman–Crippen MR) is 61.5 cm³/mol. The molecular formula is C12H10F3NO3. The van der Waals surface area contributed by atoms with Crippen molar-refractivity contribution in [2.45, 2.75) is 13.1 Å². The van der Waals surface area contributed by atoms with Crippen molar-refractivity contribution in [1.29, 1.82) is 0 Å². The summed E-state index contributed by atoms with van der Waals surface area (Å²) in [5.41, 5.74) is 0.902. The van der Waals surface area contributed by atoms with Crippen LogP contribution in [0.5, 0.6) is 5.75 Å². The van der Waals surface area contributed by atoms with E-state index >= 15 is 0 Å². The zero-order chi connectivity index (χ0) is 14.2. The first-order valence-electron chi connectivity index (χ1n) is 5.33. The molecule has 0 fully saturated rings. The summed E-state index contributed by atoms with van der Waals surface area (Å²) in [5, 5.41) is 9.36. The molecule has 1 aromatic heterocycles. The molecule has 4 nitrogen and oxygen atoms in total. The van der Waals surface area contributed by atoms with E-state index in [9.17, 15) is 18.0 Å². The van der Waals surface area contributed by atoms with E-state index in [2.05, 4.69) is 9.72 Å². The fourth-order valence-electron chi connectivity index (χ4n) is 1.87. The molecule has 0 bridgehead atoms. The Morgan fingerprint density at radius 3 is 2.68 bits per heavy atom. The van der Waals surface area contributed by atoms with Gasteiger partial charge in [0.1, 0.15) is 5.75 Å². The fraction of sp³-hybridized carbons (Fsp3) is 0.250. The molecule has 0 saturated heterocycles. The summed E-state index contributed by atoms with van der Waals surface area (Å²) in [5.74, 6) is -1.13. The van der Waals surface area contributed by atoms with Crippen LogP contribution in [0.3, 0.4) is 0 Å². The van der Waals surface area contributed by atoms with Gasteiger partial charge in [-0.1, -0.05) is 0 Å². The van der Waals surface area contributed by atoms with E-state index < -0.39 is 18.8 Å². The molecule has 0 spiro atoms. The summed E-state index contributed by atoms with van der Waals surface area (Å²) in [6, 6.07) is 2.87. The molecule has 0 aliphatic carbocycles. The lowest BCUT2D eigenvalue weighted by atomic mass is 10.1. The lowest BCUT2D eigenvalue weighted by Crippen LogP contribution is -2.19. The van der Waals surface area contributed by atoms with E-state index in [0.29, 0.717) is 16.5 Å². The number of ether oxygens (including phenoxy) is 1. The Kier molecular flexibility index (Phi) is 3.13. The van der Waals surface area contributed by atoms with Gasteiger partial charge in [-0.15, -0.1) is 0 Å². The molecular weight excluding hydrogens is 263 g/mol. The minimum atomic E-state index is -4.44. The summed E-state index contributed by atoms with van der Waals surface area (Å²) < 4.78 is 41.0. The van der Waals surface area contributed by atoms with E-state index in [1.54, 1.807) is 0 Å². The molecule has 2 rings (SSSR count). The van der Waals surface area contributed by atoms with Gasteiger partial charge in [0.2, 0.25) is 0 Å². The topological polar surface area (TPSA) is 62.3 Å². The maximum absolute atomic E-state index is 12.1. The zero-order valence-electron chi connectivity index (χ0n) is 9.84. The molecule has 19 heavy (non-hydrogen) atoms. The molecule has 0 aliphatic rings. The van der Waals surface area contributed by atoms with Gasteiger partial charge in [-0.05, 0) is 19.1 Å². The second-order valence-electron chi connectivity index (χ2n) is 4.02. The molecule has 2 aromatic rings. The average molecular weight is 273 g/mol. The van der Waals surface area contributed by atoms with Crippen molar-refractivity contribution < 1.29 is 27.8 Å². The van der Waals surface area contributed by atoms with Gasteiger partial charge in [-0.2, -0.15) is 13.2 Å². The number of carboxylic acids is 1. The maximum atomic E-state index is 12.1. The number of carboxylic acid groups (broad SMARTS) is 1. The Bertz CT molecular complexity index is 631. The van der Waals surface area contributed by atoms with Crippen LogP contribution in [0.1, 0.15) is 15.9 Å². The number of aromatic nitrogens is 1. The number of alkyl halides is 3. The zero-order valence-corrected chi connectivity index (χ0v) is 9.84. The molecule has 2 N–H and O–H groups in total. The van der Waals surface area contributed by atoms with Gasteiger partial charge in [-0.25, -0.2) is 4.79 Å². The predicted octanol–water partition coefficient (Wildman–Crippen LogP) is 3.12. The van der Waals surface area contributed by atoms with Crippen molar-refractivity contribution in [3.63, 3.8) is 0 Å². The van der Waals surface area contributed by atoms with Crippen molar-refractivity contribution in [3.05, 3.63) is 29.5 Å². The Labute approximate surface area is 105 Å². The van der Waals surface area contributed by atoms with E-state index in [4.69, 9.17) is 5.11 Å². The quantitative estimate of drug-likeness (QED) is 0.903. The number of aromatic amines is 1. The maximum Gasteiger partial charge on any atom is 0.422 e. The number of nitrogens with one attached hydrogen (secondary N) is 1. The van der Waals surface area contributed by atoms with Crippen LogP contribution in [0, 0.1) is 6.92 Å². The number of H-pyrrole nitrogens is 1. The third-order valence-corrected chi connectivity index (χ3v) is 2.68. The third kappa shape index (κ3) is 2.64. The normalized spacial score (nSPS) is 11.8. The summed E-state index contributed by atoms with van der Waals surface area (Å²) >= 11 is 0. The largest absolute Gasteiger partial charge is 0.484 e. The number of carbonyl (C=O) groups is 1. The van der Waals surface area contributed by atoms with Crippen molar-refractivity contribution >= 4 is 16.9 Å². The number of rotatable bonds is 3. The number of halogens is 3. The molecule has 0 amide bonds. The third-order valence-electron chi connectivity index (χ3n) is 2.68. The first kappa shape index (κ1) is 13.3. The summed E-state index contributed by atoms with van der Waals surface area (Å²) in [7, 11) is 0. The molecule has 0 atom stereocenters. The lowest BCUT2D eigenvalue weighted by Gasteiger charge is -2.12. The average Bonchev–Trinajstić information content (AvgIpc) is 2.71. The highest BCUT2D eigenvalue weighted by atomic mass is 19.4. The minimum Gasteiger partial charge on any atom is -0.484 e. The number of hydrogen-bond acceptors (Lipinski definition) is 2. The second-order valence-corrected chi connectivity index (χ2v) is 4.02. The van der Waals surface area contributed by atoms with Gasteiger partial charge < -0.3 is 14.8 Å². The van der Waals surface area contributed by atoms with Crippen molar-refractivity contribution in [3.8, 4) is 5.75 Å². The molecule has 0 radical (unpaired) electrons.